The van der Waals surface area contributed by atoms with Crippen LogP contribution in [0.5, 0.6) is 0 Å². The maximum atomic E-state index is 9.03. The molecule has 0 N–H and O–H groups in total. The Balaban J connectivity index is 0. The molecule has 0 aromatic carbocycles. The number of nitriles is 4. The molecule has 0 fully saturated rings. The molecule has 0 spiro atoms. The molecular formula is C22H36N8. The lowest BCUT2D eigenvalue weighted by Crippen LogP contribution is -2.23. The van der Waals surface area contributed by atoms with Crippen LogP contribution in [-0.2, 0) is 0 Å². The number of rotatable bonds is 10. The zero-order valence-corrected chi connectivity index (χ0v) is 19.8. The average molecular weight is 413 g/mol. The van der Waals surface area contributed by atoms with Gasteiger partial charge in [0.15, 0.2) is 22.2 Å². The smallest absolute Gasteiger partial charge is 0.164 e. The number of hydrogen-bond donors (Lipinski definition) is 0. The van der Waals surface area contributed by atoms with Gasteiger partial charge in [-0.05, 0) is 53.4 Å². The predicted octanol–water partition coefficient (Wildman–Crippen LogP) is 6.43. The van der Waals surface area contributed by atoms with Gasteiger partial charge < -0.3 is 0 Å². The third kappa shape index (κ3) is 10.6. The van der Waals surface area contributed by atoms with E-state index in [4.69, 9.17) is 21.0 Å². The zero-order valence-electron chi connectivity index (χ0n) is 19.8. The van der Waals surface area contributed by atoms with Crippen molar-refractivity contribution >= 4 is 0 Å². The van der Waals surface area contributed by atoms with Gasteiger partial charge in [-0.25, -0.2) is 0 Å². The Morgan fingerprint density at radius 2 is 0.733 bits per heavy atom. The molecule has 0 aromatic rings. The molecule has 0 bridgehead atoms. The zero-order chi connectivity index (χ0) is 23.9. The first-order valence-electron chi connectivity index (χ1n) is 10.4. The van der Waals surface area contributed by atoms with Crippen LogP contribution >= 0.6 is 0 Å². The second kappa shape index (κ2) is 13.4. The summed E-state index contributed by atoms with van der Waals surface area (Å²) in [6.45, 7) is 14.7. The topological polar surface area (TPSA) is 145 Å². The lowest BCUT2D eigenvalue weighted by Gasteiger charge is -2.18. The molecule has 164 valence electrons. The maximum Gasteiger partial charge on any atom is 0.164 e. The molecule has 0 aliphatic carbocycles. The van der Waals surface area contributed by atoms with E-state index >= 15 is 0 Å². The molecule has 4 unspecified atom stereocenters. The van der Waals surface area contributed by atoms with Crippen LogP contribution in [0.25, 0.3) is 0 Å². The van der Waals surface area contributed by atoms with Gasteiger partial charge in [0.05, 0.1) is 24.3 Å². The fraction of sp³-hybridized carbons (Fsp3) is 0.818. The van der Waals surface area contributed by atoms with Crippen molar-refractivity contribution in [2.45, 2.75) is 116 Å². The lowest BCUT2D eigenvalue weighted by molar-refractivity contribution is 0.446. The molecule has 8 nitrogen and oxygen atoms in total. The van der Waals surface area contributed by atoms with Gasteiger partial charge in [-0.15, -0.1) is 0 Å². The fourth-order valence-corrected chi connectivity index (χ4v) is 2.02. The first-order valence-corrected chi connectivity index (χ1v) is 10.4. The summed E-state index contributed by atoms with van der Waals surface area (Å²) in [7, 11) is 0. The standard InChI is InChI=1S/C12H20N4.C10H16N4/c1-5-7-11(3,9-13)15-16-12(4,10-14)8-6-2;1-5-9(3,7-11)13-14-10(4,6-2)8-12/h5-8H2,1-4H3;5-6H2,1-4H3. The molecular weight excluding hydrogens is 376 g/mol. The van der Waals surface area contributed by atoms with Crippen LogP contribution in [0.15, 0.2) is 20.5 Å². The molecule has 0 aliphatic rings. The fourth-order valence-electron chi connectivity index (χ4n) is 2.02. The normalized spacial score (nSPS) is 18.8. The van der Waals surface area contributed by atoms with Crippen LogP contribution in [0.1, 0.15) is 93.9 Å². The molecule has 0 rings (SSSR count). The van der Waals surface area contributed by atoms with E-state index < -0.39 is 22.2 Å². The molecule has 0 amide bonds. The third-order valence-electron chi connectivity index (χ3n) is 4.80. The molecule has 0 heterocycles. The Kier molecular flexibility index (Phi) is 13.1. The Hall–Kier alpha value is -2.84. The van der Waals surface area contributed by atoms with Crippen LogP contribution in [0.2, 0.25) is 0 Å². The molecule has 0 radical (unpaired) electrons. The van der Waals surface area contributed by atoms with Gasteiger partial charge in [0, 0.05) is 0 Å². The van der Waals surface area contributed by atoms with E-state index in [0.717, 1.165) is 12.8 Å². The quantitative estimate of drug-likeness (QED) is 0.380. The number of hydrogen-bond acceptors (Lipinski definition) is 8. The summed E-state index contributed by atoms with van der Waals surface area (Å²) >= 11 is 0. The van der Waals surface area contributed by atoms with Crippen molar-refractivity contribution in [3.05, 3.63) is 0 Å². The monoisotopic (exact) mass is 412 g/mol. The minimum absolute atomic E-state index is 0.595. The molecule has 30 heavy (non-hydrogen) atoms. The molecule has 8 heteroatoms. The molecule has 0 aliphatic heterocycles. The van der Waals surface area contributed by atoms with Gasteiger partial charge in [-0.1, -0.05) is 40.5 Å². The van der Waals surface area contributed by atoms with Crippen LogP contribution in [0.4, 0.5) is 0 Å². The van der Waals surface area contributed by atoms with Gasteiger partial charge >= 0.3 is 0 Å². The summed E-state index contributed by atoms with van der Waals surface area (Å²) < 4.78 is 0. The van der Waals surface area contributed by atoms with Crippen LogP contribution in [0, 0.1) is 45.3 Å². The van der Waals surface area contributed by atoms with Gasteiger partial charge in [-0.2, -0.15) is 41.5 Å². The van der Waals surface area contributed by atoms with Gasteiger partial charge in [0.25, 0.3) is 0 Å². The molecule has 0 aromatic heterocycles. The summed E-state index contributed by atoms with van der Waals surface area (Å²) in [5, 5.41) is 51.8. The lowest BCUT2D eigenvalue weighted by atomic mass is 9.98. The first-order chi connectivity index (χ1) is 13.9. The minimum atomic E-state index is -0.798. The second-order valence-electron chi connectivity index (χ2n) is 8.15. The highest BCUT2D eigenvalue weighted by molar-refractivity contribution is 5.07. The minimum Gasteiger partial charge on any atom is -0.196 e. The Bertz CT molecular complexity index is 685. The van der Waals surface area contributed by atoms with E-state index in [0.29, 0.717) is 25.7 Å². The Morgan fingerprint density at radius 3 is 0.900 bits per heavy atom. The Morgan fingerprint density at radius 1 is 0.500 bits per heavy atom. The van der Waals surface area contributed by atoms with E-state index in [1.54, 1.807) is 27.7 Å². The van der Waals surface area contributed by atoms with E-state index in [-0.39, 0.29) is 0 Å². The number of azo groups is 2. The van der Waals surface area contributed by atoms with Crippen molar-refractivity contribution in [2.75, 3.05) is 0 Å². The number of nitrogens with zero attached hydrogens (tertiary/aromatic N) is 8. The second-order valence-corrected chi connectivity index (χ2v) is 8.15. The van der Waals surface area contributed by atoms with Crippen molar-refractivity contribution in [2.24, 2.45) is 20.5 Å². The van der Waals surface area contributed by atoms with Crippen molar-refractivity contribution in [1.29, 1.82) is 21.0 Å². The predicted molar refractivity (Wildman–Crippen MR) is 116 cm³/mol. The van der Waals surface area contributed by atoms with Crippen molar-refractivity contribution in [3.8, 4) is 24.3 Å². The van der Waals surface area contributed by atoms with Crippen LogP contribution in [0.3, 0.4) is 0 Å². The highest BCUT2D eigenvalue weighted by Crippen LogP contribution is 2.23. The summed E-state index contributed by atoms with van der Waals surface area (Å²) in [6, 6.07) is 8.45. The van der Waals surface area contributed by atoms with Crippen LogP contribution in [-0.4, -0.2) is 22.2 Å². The summed E-state index contributed by atoms with van der Waals surface area (Å²) in [4.78, 5) is 0. The average Bonchev–Trinajstić information content (AvgIpc) is 2.76. The van der Waals surface area contributed by atoms with Gasteiger partial charge in [0.2, 0.25) is 0 Å². The van der Waals surface area contributed by atoms with E-state index in [1.807, 2.05) is 27.7 Å². The van der Waals surface area contributed by atoms with Crippen LogP contribution < -0.4 is 0 Å². The summed E-state index contributed by atoms with van der Waals surface area (Å²) in [5.74, 6) is 0. The van der Waals surface area contributed by atoms with E-state index in [2.05, 4.69) is 44.7 Å². The molecule has 0 saturated heterocycles. The highest BCUT2D eigenvalue weighted by atomic mass is 15.2. The largest absolute Gasteiger partial charge is 0.196 e. The van der Waals surface area contributed by atoms with Crippen molar-refractivity contribution in [3.63, 3.8) is 0 Å². The van der Waals surface area contributed by atoms with Gasteiger partial charge in [0.1, 0.15) is 0 Å². The first kappa shape index (κ1) is 29.4. The summed E-state index contributed by atoms with van der Waals surface area (Å²) in [6.07, 6.45) is 4.28. The van der Waals surface area contributed by atoms with Crippen molar-refractivity contribution < 1.29 is 0 Å². The van der Waals surface area contributed by atoms with Gasteiger partial charge in [-0.3, -0.25) is 0 Å². The SMILES string of the molecule is CCC(C)(C#N)N=NC(C)(C#N)CC.CCCC(C)(C#N)N=NC(C)(C#N)CCC. The third-order valence-corrected chi connectivity index (χ3v) is 4.80. The summed E-state index contributed by atoms with van der Waals surface area (Å²) in [5.41, 5.74) is -3.18. The molecule has 4 atom stereocenters. The maximum absolute atomic E-state index is 9.03. The van der Waals surface area contributed by atoms with E-state index in [1.165, 1.54) is 0 Å². The van der Waals surface area contributed by atoms with E-state index in [9.17, 15) is 0 Å². The van der Waals surface area contributed by atoms with Crippen molar-refractivity contribution in [1.82, 2.24) is 0 Å². The molecule has 0 saturated carbocycles. The Labute approximate surface area is 182 Å². The highest BCUT2D eigenvalue weighted by Gasteiger charge is 2.27.